The molecule has 0 aliphatic heterocycles. The fourth-order valence-corrected chi connectivity index (χ4v) is 5.87. The van der Waals surface area contributed by atoms with Gasteiger partial charge >= 0.3 is 0 Å². The molecule has 0 aromatic carbocycles. The molecule has 2 atom stereocenters. The van der Waals surface area contributed by atoms with E-state index in [0.717, 1.165) is 6.42 Å². The van der Waals surface area contributed by atoms with Crippen LogP contribution in [0.25, 0.3) is 0 Å². The van der Waals surface area contributed by atoms with Crippen LogP contribution in [0.5, 0.6) is 0 Å². The number of carbonyl (C=O) groups excluding carboxylic acids is 2. The van der Waals surface area contributed by atoms with Gasteiger partial charge in [-0.2, -0.15) is 0 Å². The van der Waals surface area contributed by atoms with Crippen molar-refractivity contribution in [2.45, 2.75) is 60.3 Å². The Morgan fingerprint density at radius 3 is 2.36 bits per heavy atom. The first-order chi connectivity index (χ1) is 9.88. The molecule has 6 heteroatoms. The summed E-state index contributed by atoms with van der Waals surface area (Å²) in [5, 5.41) is 0. The summed E-state index contributed by atoms with van der Waals surface area (Å²) in [7, 11) is -3.83. The average Bonchev–Trinajstić information content (AvgIpc) is 2.71. The van der Waals surface area contributed by atoms with Crippen molar-refractivity contribution < 1.29 is 18.0 Å². The average molecular weight is 329 g/mol. The molecule has 0 spiro atoms. The van der Waals surface area contributed by atoms with E-state index in [2.05, 4.69) is 4.72 Å². The van der Waals surface area contributed by atoms with Crippen LogP contribution in [-0.2, 0) is 19.6 Å². The van der Waals surface area contributed by atoms with Crippen molar-refractivity contribution >= 4 is 21.7 Å². The number of ketones is 1. The summed E-state index contributed by atoms with van der Waals surface area (Å²) in [4.78, 5) is 24.6. The van der Waals surface area contributed by atoms with Crippen molar-refractivity contribution in [3.05, 3.63) is 0 Å². The Morgan fingerprint density at radius 2 is 1.95 bits per heavy atom. The van der Waals surface area contributed by atoms with Crippen LogP contribution in [0.4, 0.5) is 0 Å². The highest BCUT2D eigenvalue weighted by molar-refractivity contribution is 7.90. The van der Waals surface area contributed by atoms with Crippen LogP contribution in [0.1, 0.15) is 60.3 Å². The number of Topliss-reactive ketones (excluding diaryl/α,β-unsaturated/α-hetero) is 1. The molecule has 2 rings (SSSR count). The zero-order chi connectivity index (χ0) is 17.0. The van der Waals surface area contributed by atoms with Crippen LogP contribution in [0.15, 0.2) is 0 Å². The maximum atomic E-state index is 12.5. The highest BCUT2D eigenvalue weighted by atomic mass is 32.2. The van der Waals surface area contributed by atoms with E-state index >= 15 is 0 Å². The number of sulfonamides is 1. The molecule has 1 N–H and O–H groups in total. The van der Waals surface area contributed by atoms with Crippen molar-refractivity contribution in [2.24, 2.45) is 22.2 Å². The molecule has 2 saturated carbocycles. The number of hydrogen-bond donors (Lipinski definition) is 1. The third kappa shape index (κ3) is 2.49. The minimum atomic E-state index is -3.83. The van der Waals surface area contributed by atoms with Crippen LogP contribution >= 0.6 is 0 Å². The summed E-state index contributed by atoms with van der Waals surface area (Å²) in [5.41, 5.74) is -1.89. The SMILES string of the molecule is CCC(C)(C)C(=O)NS(=O)(=O)CC12CCC(CC1=O)C2(C)C. The highest BCUT2D eigenvalue weighted by Crippen LogP contribution is 2.64. The standard InChI is InChI=1S/C16H27NO4S/c1-6-14(2,3)13(19)17-22(20,21)10-16-8-7-11(9-12(16)18)15(16,4)5/h11H,6-10H2,1-5H3,(H,17,19). The van der Waals surface area contributed by atoms with Gasteiger partial charge in [-0.05, 0) is 30.6 Å². The number of hydrogen-bond acceptors (Lipinski definition) is 4. The predicted octanol–water partition coefficient (Wildman–Crippen LogP) is 2.26. The van der Waals surface area contributed by atoms with Crippen molar-refractivity contribution in [3.63, 3.8) is 0 Å². The van der Waals surface area contributed by atoms with E-state index < -0.39 is 26.8 Å². The molecule has 2 unspecified atom stereocenters. The molecule has 2 fully saturated rings. The van der Waals surface area contributed by atoms with Crippen molar-refractivity contribution in [1.82, 2.24) is 4.72 Å². The monoisotopic (exact) mass is 329 g/mol. The third-order valence-electron chi connectivity index (χ3n) is 6.32. The maximum Gasteiger partial charge on any atom is 0.239 e. The number of carbonyl (C=O) groups is 2. The highest BCUT2D eigenvalue weighted by Gasteiger charge is 2.65. The molecule has 0 heterocycles. The molecule has 0 aromatic heterocycles. The Bertz CT molecular complexity index is 606. The van der Waals surface area contributed by atoms with Gasteiger partial charge in [0.25, 0.3) is 0 Å². The fourth-order valence-electron chi connectivity index (χ4n) is 3.91. The molecule has 1 amide bonds. The number of nitrogens with one attached hydrogen (secondary N) is 1. The van der Waals surface area contributed by atoms with Gasteiger partial charge in [0.15, 0.2) is 0 Å². The smallest absolute Gasteiger partial charge is 0.239 e. The lowest BCUT2D eigenvalue weighted by molar-refractivity contribution is -0.129. The summed E-state index contributed by atoms with van der Waals surface area (Å²) in [6.45, 7) is 9.25. The van der Waals surface area contributed by atoms with E-state index in [0.29, 0.717) is 19.3 Å². The Hall–Kier alpha value is -0.910. The number of fused-ring (bicyclic) bond motifs is 2. The van der Waals surface area contributed by atoms with Gasteiger partial charge in [-0.3, -0.25) is 14.3 Å². The Morgan fingerprint density at radius 1 is 1.36 bits per heavy atom. The maximum absolute atomic E-state index is 12.5. The van der Waals surface area contributed by atoms with Crippen LogP contribution in [0.3, 0.4) is 0 Å². The van der Waals surface area contributed by atoms with Gasteiger partial charge in [-0.15, -0.1) is 0 Å². The number of amides is 1. The summed E-state index contributed by atoms with van der Waals surface area (Å²) < 4.78 is 27.2. The summed E-state index contributed by atoms with van der Waals surface area (Å²) in [5.74, 6) is -0.461. The predicted molar refractivity (Wildman–Crippen MR) is 84.6 cm³/mol. The second-order valence-corrected chi connectivity index (χ2v) is 9.82. The first kappa shape index (κ1) is 17.4. The summed E-state index contributed by atoms with van der Waals surface area (Å²) >= 11 is 0. The van der Waals surface area contributed by atoms with Gasteiger partial charge in [-0.1, -0.05) is 34.6 Å². The molecule has 2 aliphatic carbocycles. The minimum Gasteiger partial charge on any atom is -0.299 e. The topological polar surface area (TPSA) is 80.3 Å². The van der Waals surface area contributed by atoms with E-state index in [1.165, 1.54) is 0 Å². The van der Waals surface area contributed by atoms with Gasteiger partial charge in [0.05, 0.1) is 11.2 Å². The zero-order valence-corrected chi connectivity index (χ0v) is 15.0. The zero-order valence-electron chi connectivity index (χ0n) is 14.2. The molecular formula is C16H27NO4S. The van der Waals surface area contributed by atoms with Crippen molar-refractivity contribution in [3.8, 4) is 0 Å². The number of rotatable bonds is 5. The molecule has 126 valence electrons. The van der Waals surface area contributed by atoms with E-state index in [-0.39, 0.29) is 22.9 Å². The first-order valence-corrected chi connectivity index (χ1v) is 9.61. The first-order valence-electron chi connectivity index (χ1n) is 7.96. The van der Waals surface area contributed by atoms with E-state index in [1.807, 2.05) is 20.8 Å². The minimum absolute atomic E-state index is 0.0429. The lowest BCUT2D eigenvalue weighted by Crippen LogP contribution is -2.48. The van der Waals surface area contributed by atoms with Crippen LogP contribution in [-0.4, -0.2) is 25.9 Å². The normalized spacial score (nSPS) is 30.6. The summed E-state index contributed by atoms with van der Waals surface area (Å²) in [6.07, 6.45) is 2.52. The Balaban J connectivity index is 2.23. The van der Waals surface area contributed by atoms with Gasteiger partial charge in [0.2, 0.25) is 15.9 Å². The third-order valence-corrected chi connectivity index (χ3v) is 7.69. The second kappa shape index (κ2) is 5.05. The van der Waals surface area contributed by atoms with E-state index in [9.17, 15) is 18.0 Å². The second-order valence-electron chi connectivity index (χ2n) is 8.09. The molecule has 0 saturated heterocycles. The molecule has 5 nitrogen and oxygen atoms in total. The van der Waals surface area contributed by atoms with Crippen molar-refractivity contribution in [2.75, 3.05) is 5.75 Å². The summed E-state index contributed by atoms with van der Waals surface area (Å²) in [6, 6.07) is 0. The molecule has 2 bridgehead atoms. The van der Waals surface area contributed by atoms with E-state index in [4.69, 9.17) is 0 Å². The van der Waals surface area contributed by atoms with Gasteiger partial charge in [0, 0.05) is 11.8 Å². The Kier molecular flexibility index (Phi) is 4.00. The molecule has 0 aromatic rings. The largest absolute Gasteiger partial charge is 0.299 e. The van der Waals surface area contributed by atoms with E-state index in [1.54, 1.807) is 13.8 Å². The molecular weight excluding hydrogens is 302 g/mol. The molecule has 22 heavy (non-hydrogen) atoms. The van der Waals surface area contributed by atoms with Gasteiger partial charge in [0.1, 0.15) is 5.78 Å². The quantitative estimate of drug-likeness (QED) is 0.839. The Labute approximate surface area is 133 Å². The van der Waals surface area contributed by atoms with Crippen LogP contribution in [0, 0.1) is 22.2 Å². The fraction of sp³-hybridized carbons (Fsp3) is 0.875. The van der Waals surface area contributed by atoms with Gasteiger partial charge in [-0.25, -0.2) is 8.42 Å². The lowest BCUT2D eigenvalue weighted by Gasteiger charge is -2.36. The molecule has 0 radical (unpaired) electrons. The van der Waals surface area contributed by atoms with Crippen LogP contribution < -0.4 is 4.72 Å². The molecule has 2 aliphatic rings. The van der Waals surface area contributed by atoms with Crippen molar-refractivity contribution in [1.29, 1.82) is 0 Å². The lowest BCUT2D eigenvalue weighted by atomic mass is 9.70. The van der Waals surface area contributed by atoms with Gasteiger partial charge < -0.3 is 0 Å². The van der Waals surface area contributed by atoms with Crippen LogP contribution in [0.2, 0.25) is 0 Å².